The van der Waals surface area contributed by atoms with Crippen molar-refractivity contribution in [1.29, 1.82) is 0 Å². The topological polar surface area (TPSA) is 65.9 Å². The maximum absolute atomic E-state index is 13.6. The molecule has 0 bridgehead atoms. The number of likely N-dealkylation sites (N-methyl/N-ethyl adjacent to an activating group) is 1. The lowest BCUT2D eigenvalue weighted by atomic mass is 9.99. The number of hydrogen-bond acceptors (Lipinski definition) is 5. The Kier molecular flexibility index (Phi) is 8.95. The van der Waals surface area contributed by atoms with Crippen LogP contribution in [0.3, 0.4) is 0 Å². The molecule has 0 fully saturated rings. The van der Waals surface area contributed by atoms with Gasteiger partial charge in [0.25, 0.3) is 5.91 Å². The van der Waals surface area contributed by atoms with E-state index in [2.05, 4.69) is 47.8 Å². The fraction of sp³-hybridized carbons (Fsp3) is 0.355. The van der Waals surface area contributed by atoms with Crippen LogP contribution < -0.4 is 4.74 Å². The lowest BCUT2D eigenvalue weighted by Crippen LogP contribution is -2.49. The van der Waals surface area contributed by atoms with E-state index in [4.69, 9.17) is 4.74 Å². The van der Waals surface area contributed by atoms with Gasteiger partial charge in [0.05, 0.1) is 12.6 Å². The highest BCUT2D eigenvalue weighted by atomic mass is 16.5. The van der Waals surface area contributed by atoms with Crippen molar-refractivity contribution in [3.8, 4) is 17.7 Å². The molecule has 1 N–H and O–H groups in total. The Balaban J connectivity index is 1.59. The number of carbonyl (C=O) groups is 1. The molecule has 3 aromatic rings. The molecule has 0 unspecified atom stereocenters. The zero-order valence-corrected chi connectivity index (χ0v) is 21.8. The number of hydrogen-bond donors (Lipinski definition) is 1. The number of aromatic nitrogens is 1. The standard InChI is InChI=1S/C31H35N3O3/c1-23-19-34(24(2)22-35)31(36)28-17-27(16-10-15-25-11-6-4-7-12-25)18-32-30(28)37-29(23)21-33(3)20-26-13-8-5-9-14-26/h4-9,11-14,17-18,23-24,29,35H,15,19-22H2,1-3H3/t23-,24-,29-/m0/s1. The van der Waals surface area contributed by atoms with Crippen LogP contribution in [0, 0.1) is 17.8 Å². The average molecular weight is 498 g/mol. The number of nitrogens with zero attached hydrogens (tertiary/aromatic N) is 3. The quantitative estimate of drug-likeness (QED) is 0.500. The van der Waals surface area contributed by atoms with Gasteiger partial charge in [-0.25, -0.2) is 4.98 Å². The zero-order chi connectivity index (χ0) is 26.2. The first-order chi connectivity index (χ1) is 17.9. The summed E-state index contributed by atoms with van der Waals surface area (Å²) in [5.41, 5.74) is 3.41. The zero-order valence-electron chi connectivity index (χ0n) is 21.8. The first-order valence-electron chi connectivity index (χ1n) is 12.8. The summed E-state index contributed by atoms with van der Waals surface area (Å²) in [6, 6.07) is 21.8. The largest absolute Gasteiger partial charge is 0.472 e. The SMILES string of the molecule is C[C@H]1CN([C@@H](C)CO)C(=O)c2cc(C#CCc3ccccc3)cnc2O[C@H]1CN(C)Cc1ccccc1. The summed E-state index contributed by atoms with van der Waals surface area (Å²) in [6.07, 6.45) is 2.10. The maximum Gasteiger partial charge on any atom is 0.259 e. The Morgan fingerprint density at radius 3 is 2.49 bits per heavy atom. The van der Waals surface area contributed by atoms with Crippen molar-refractivity contribution in [2.24, 2.45) is 5.92 Å². The summed E-state index contributed by atoms with van der Waals surface area (Å²) >= 11 is 0. The van der Waals surface area contributed by atoms with Gasteiger partial charge >= 0.3 is 0 Å². The minimum atomic E-state index is -0.323. The number of fused-ring (bicyclic) bond motifs is 1. The summed E-state index contributed by atoms with van der Waals surface area (Å²) < 4.78 is 6.41. The van der Waals surface area contributed by atoms with Gasteiger partial charge in [-0.3, -0.25) is 9.69 Å². The smallest absolute Gasteiger partial charge is 0.259 e. The van der Waals surface area contributed by atoms with E-state index >= 15 is 0 Å². The molecule has 1 amide bonds. The molecule has 6 nitrogen and oxygen atoms in total. The second kappa shape index (κ2) is 12.5. The molecule has 37 heavy (non-hydrogen) atoms. The van der Waals surface area contributed by atoms with E-state index in [1.165, 1.54) is 5.56 Å². The second-order valence-electron chi connectivity index (χ2n) is 9.85. The number of pyridine rings is 1. The number of benzene rings is 2. The summed E-state index contributed by atoms with van der Waals surface area (Å²) in [5.74, 6) is 6.48. The molecular formula is C31H35N3O3. The van der Waals surface area contributed by atoms with Gasteiger partial charge in [0.1, 0.15) is 11.7 Å². The van der Waals surface area contributed by atoms with Crippen LogP contribution in [0.25, 0.3) is 0 Å². The van der Waals surface area contributed by atoms with Crippen LogP contribution >= 0.6 is 0 Å². The molecule has 6 heteroatoms. The number of carbonyl (C=O) groups excluding carboxylic acids is 1. The number of aliphatic hydroxyl groups excluding tert-OH is 1. The van der Waals surface area contributed by atoms with E-state index in [-0.39, 0.29) is 30.6 Å². The molecule has 2 heterocycles. The molecule has 0 radical (unpaired) electrons. The minimum absolute atomic E-state index is 0.0384. The van der Waals surface area contributed by atoms with Gasteiger partial charge in [0.2, 0.25) is 5.88 Å². The lowest BCUT2D eigenvalue weighted by molar-refractivity contribution is 0.0325. The molecule has 1 aromatic heterocycles. The van der Waals surface area contributed by atoms with Crippen LogP contribution in [0.4, 0.5) is 0 Å². The van der Waals surface area contributed by atoms with Crippen LogP contribution in [0.2, 0.25) is 0 Å². The van der Waals surface area contributed by atoms with Crippen molar-refractivity contribution in [2.75, 3.05) is 26.7 Å². The van der Waals surface area contributed by atoms with Crippen molar-refractivity contribution in [3.63, 3.8) is 0 Å². The van der Waals surface area contributed by atoms with E-state index in [0.717, 1.165) is 12.1 Å². The van der Waals surface area contributed by atoms with Crippen molar-refractivity contribution >= 4 is 5.91 Å². The second-order valence-corrected chi connectivity index (χ2v) is 9.85. The summed E-state index contributed by atoms with van der Waals surface area (Å²) in [4.78, 5) is 22.1. The van der Waals surface area contributed by atoms with Crippen LogP contribution in [0.15, 0.2) is 72.9 Å². The normalized spacial score (nSPS) is 18.2. The monoisotopic (exact) mass is 497 g/mol. The van der Waals surface area contributed by atoms with Crippen molar-refractivity contribution in [3.05, 3.63) is 95.2 Å². The highest BCUT2D eigenvalue weighted by Crippen LogP contribution is 2.27. The van der Waals surface area contributed by atoms with E-state index in [1.807, 2.05) is 55.5 Å². The summed E-state index contributed by atoms with van der Waals surface area (Å²) in [6.45, 7) is 5.77. The highest BCUT2D eigenvalue weighted by molar-refractivity contribution is 5.97. The van der Waals surface area contributed by atoms with Crippen molar-refractivity contribution < 1.29 is 14.6 Å². The van der Waals surface area contributed by atoms with Gasteiger partial charge in [-0.2, -0.15) is 0 Å². The van der Waals surface area contributed by atoms with E-state index < -0.39 is 0 Å². The van der Waals surface area contributed by atoms with Gasteiger partial charge in [-0.05, 0) is 31.2 Å². The van der Waals surface area contributed by atoms with E-state index in [0.29, 0.717) is 36.5 Å². The molecule has 0 saturated carbocycles. The van der Waals surface area contributed by atoms with Crippen LogP contribution in [0.5, 0.6) is 5.88 Å². The molecule has 4 rings (SSSR count). The Labute approximate surface area is 219 Å². The Bertz CT molecular complexity index is 1240. The van der Waals surface area contributed by atoms with Gasteiger partial charge in [-0.15, -0.1) is 0 Å². The Morgan fingerprint density at radius 1 is 1.14 bits per heavy atom. The maximum atomic E-state index is 13.6. The number of rotatable bonds is 7. The van der Waals surface area contributed by atoms with Crippen LogP contribution in [-0.4, -0.2) is 64.7 Å². The third-order valence-corrected chi connectivity index (χ3v) is 6.68. The predicted molar refractivity (Wildman–Crippen MR) is 145 cm³/mol. The molecule has 0 saturated heterocycles. The Morgan fingerprint density at radius 2 is 1.81 bits per heavy atom. The lowest BCUT2D eigenvalue weighted by Gasteiger charge is -2.37. The first kappa shape index (κ1) is 26.4. The third-order valence-electron chi connectivity index (χ3n) is 6.68. The van der Waals surface area contributed by atoms with Crippen LogP contribution in [-0.2, 0) is 13.0 Å². The highest BCUT2D eigenvalue weighted by Gasteiger charge is 2.34. The van der Waals surface area contributed by atoms with E-state index in [9.17, 15) is 9.90 Å². The average Bonchev–Trinajstić information content (AvgIpc) is 2.91. The number of amides is 1. The molecule has 0 spiro atoms. The molecule has 1 aliphatic heterocycles. The fourth-order valence-electron chi connectivity index (χ4n) is 4.50. The number of ether oxygens (including phenoxy) is 1. The summed E-state index contributed by atoms with van der Waals surface area (Å²) in [5, 5.41) is 9.88. The van der Waals surface area contributed by atoms with Gasteiger partial charge in [-0.1, -0.05) is 79.4 Å². The predicted octanol–water partition coefficient (Wildman–Crippen LogP) is 4.03. The number of aliphatic hydroxyl groups is 1. The fourth-order valence-corrected chi connectivity index (χ4v) is 4.50. The van der Waals surface area contributed by atoms with Crippen molar-refractivity contribution in [1.82, 2.24) is 14.8 Å². The van der Waals surface area contributed by atoms with Gasteiger partial charge < -0.3 is 14.7 Å². The minimum Gasteiger partial charge on any atom is -0.472 e. The van der Waals surface area contributed by atoms with Gasteiger partial charge in [0, 0.05) is 43.7 Å². The molecule has 0 aliphatic carbocycles. The molecule has 1 aliphatic rings. The molecule has 2 aromatic carbocycles. The molecule has 3 atom stereocenters. The molecule has 192 valence electrons. The molecular weight excluding hydrogens is 462 g/mol. The third kappa shape index (κ3) is 6.97. The summed E-state index contributed by atoms with van der Waals surface area (Å²) in [7, 11) is 2.07. The Hall–Kier alpha value is -3.66. The van der Waals surface area contributed by atoms with E-state index in [1.54, 1.807) is 17.2 Å². The van der Waals surface area contributed by atoms with Crippen LogP contribution in [0.1, 0.15) is 40.9 Å². The van der Waals surface area contributed by atoms with Gasteiger partial charge in [0.15, 0.2) is 0 Å². The first-order valence-corrected chi connectivity index (χ1v) is 12.8. The van der Waals surface area contributed by atoms with Crippen molar-refractivity contribution in [2.45, 2.75) is 39.0 Å².